The lowest BCUT2D eigenvalue weighted by Gasteiger charge is -2.08. The third-order valence-corrected chi connectivity index (χ3v) is 2.97. The van der Waals surface area contributed by atoms with Gasteiger partial charge in [-0.1, -0.05) is 19.1 Å². The highest BCUT2D eigenvalue weighted by Gasteiger charge is 2.18. The molecule has 0 saturated heterocycles. The van der Waals surface area contributed by atoms with Crippen LogP contribution in [0.15, 0.2) is 42.5 Å². The highest BCUT2D eigenvalue weighted by Crippen LogP contribution is 2.32. The summed E-state index contributed by atoms with van der Waals surface area (Å²) < 4.78 is 5.55. The average molecular weight is 286 g/mol. The summed E-state index contributed by atoms with van der Waals surface area (Å²) in [5.74, 6) is -0.153. The van der Waals surface area contributed by atoms with E-state index < -0.39 is 10.8 Å². The van der Waals surface area contributed by atoms with Crippen LogP contribution in [0.3, 0.4) is 0 Å². The Hall–Kier alpha value is -2.89. The van der Waals surface area contributed by atoms with Gasteiger partial charge in [-0.25, -0.2) is 0 Å². The standard InChI is InChI=1S/C15H14N2O4/c1-2-10-4-3-5-12(8-10)21-14-7-6-11(15(16)18)9-13(14)17(19)20/h3-9H,2H2,1H3,(H2,16,18). The average Bonchev–Trinajstić information content (AvgIpc) is 2.47. The molecule has 2 aromatic rings. The van der Waals surface area contributed by atoms with E-state index in [-0.39, 0.29) is 17.0 Å². The molecule has 0 unspecified atom stereocenters. The molecule has 21 heavy (non-hydrogen) atoms. The van der Waals surface area contributed by atoms with E-state index in [2.05, 4.69) is 0 Å². The van der Waals surface area contributed by atoms with E-state index >= 15 is 0 Å². The monoisotopic (exact) mass is 286 g/mol. The fourth-order valence-electron chi connectivity index (χ4n) is 1.86. The predicted molar refractivity (Wildman–Crippen MR) is 77.5 cm³/mol. The molecule has 0 aliphatic carbocycles. The van der Waals surface area contributed by atoms with E-state index in [0.717, 1.165) is 18.1 Å². The van der Waals surface area contributed by atoms with Crippen molar-refractivity contribution < 1.29 is 14.5 Å². The fraction of sp³-hybridized carbons (Fsp3) is 0.133. The minimum absolute atomic E-state index is 0.0661. The lowest BCUT2D eigenvalue weighted by Crippen LogP contribution is -2.11. The fourth-order valence-corrected chi connectivity index (χ4v) is 1.86. The molecular formula is C15H14N2O4. The molecule has 108 valence electrons. The van der Waals surface area contributed by atoms with Gasteiger partial charge in [0.1, 0.15) is 5.75 Å². The molecule has 0 heterocycles. The summed E-state index contributed by atoms with van der Waals surface area (Å²) in [7, 11) is 0. The molecule has 0 aliphatic rings. The minimum Gasteiger partial charge on any atom is -0.450 e. The Bertz CT molecular complexity index is 698. The molecule has 2 aromatic carbocycles. The molecule has 2 rings (SSSR count). The summed E-state index contributed by atoms with van der Waals surface area (Å²) in [6, 6.07) is 11.2. The molecule has 6 heteroatoms. The van der Waals surface area contributed by atoms with Crippen molar-refractivity contribution in [3.63, 3.8) is 0 Å². The maximum Gasteiger partial charge on any atom is 0.312 e. The number of carbonyl (C=O) groups is 1. The molecule has 0 atom stereocenters. The van der Waals surface area contributed by atoms with Crippen LogP contribution in [0.25, 0.3) is 0 Å². The van der Waals surface area contributed by atoms with E-state index in [9.17, 15) is 14.9 Å². The van der Waals surface area contributed by atoms with Gasteiger partial charge in [-0.2, -0.15) is 0 Å². The first-order chi connectivity index (χ1) is 10.0. The number of nitrogens with two attached hydrogens (primary N) is 1. The number of nitro benzene ring substituents is 1. The molecule has 1 amide bonds. The van der Waals surface area contributed by atoms with Gasteiger partial charge in [0.2, 0.25) is 11.7 Å². The van der Waals surface area contributed by atoms with Gasteiger partial charge in [0, 0.05) is 11.6 Å². The zero-order valence-electron chi connectivity index (χ0n) is 11.4. The quantitative estimate of drug-likeness (QED) is 0.675. The van der Waals surface area contributed by atoms with Crippen LogP contribution in [0.5, 0.6) is 11.5 Å². The second-order valence-electron chi connectivity index (χ2n) is 4.41. The number of aryl methyl sites for hydroxylation is 1. The Morgan fingerprint density at radius 1 is 1.29 bits per heavy atom. The number of amides is 1. The molecule has 0 spiro atoms. The predicted octanol–water partition coefficient (Wildman–Crippen LogP) is 3.05. The Kier molecular flexibility index (Phi) is 4.18. The van der Waals surface area contributed by atoms with Crippen LogP contribution in [0, 0.1) is 10.1 Å². The lowest BCUT2D eigenvalue weighted by molar-refractivity contribution is -0.385. The largest absolute Gasteiger partial charge is 0.450 e. The van der Waals surface area contributed by atoms with Crippen molar-refractivity contribution in [1.29, 1.82) is 0 Å². The number of carbonyl (C=O) groups excluding carboxylic acids is 1. The summed E-state index contributed by atoms with van der Waals surface area (Å²) in [4.78, 5) is 21.6. The third-order valence-electron chi connectivity index (χ3n) is 2.97. The second kappa shape index (κ2) is 6.04. The topological polar surface area (TPSA) is 95.5 Å². The SMILES string of the molecule is CCc1cccc(Oc2ccc(C(N)=O)cc2[N+](=O)[O-])c1. The number of nitrogens with zero attached hydrogens (tertiary/aromatic N) is 1. The normalized spacial score (nSPS) is 10.1. The first-order valence-electron chi connectivity index (χ1n) is 6.36. The first kappa shape index (κ1) is 14.5. The second-order valence-corrected chi connectivity index (χ2v) is 4.41. The Morgan fingerprint density at radius 2 is 2.05 bits per heavy atom. The van der Waals surface area contributed by atoms with Crippen molar-refractivity contribution in [2.24, 2.45) is 5.73 Å². The van der Waals surface area contributed by atoms with Crippen LogP contribution in [-0.2, 0) is 6.42 Å². The van der Waals surface area contributed by atoms with Crippen LogP contribution < -0.4 is 10.5 Å². The summed E-state index contributed by atoms with van der Waals surface area (Å²) >= 11 is 0. The van der Waals surface area contributed by atoms with Crippen molar-refractivity contribution in [2.45, 2.75) is 13.3 Å². The molecule has 0 bridgehead atoms. The van der Waals surface area contributed by atoms with Crippen molar-refractivity contribution in [1.82, 2.24) is 0 Å². The Labute approximate surface area is 121 Å². The van der Waals surface area contributed by atoms with Gasteiger partial charge in [0.25, 0.3) is 0 Å². The smallest absolute Gasteiger partial charge is 0.312 e. The van der Waals surface area contributed by atoms with Crippen LogP contribution in [0.1, 0.15) is 22.8 Å². The van der Waals surface area contributed by atoms with Crippen molar-refractivity contribution in [2.75, 3.05) is 0 Å². The van der Waals surface area contributed by atoms with Gasteiger partial charge >= 0.3 is 5.69 Å². The van der Waals surface area contributed by atoms with Crippen LogP contribution in [0.4, 0.5) is 5.69 Å². The number of rotatable bonds is 5. The number of hydrogen-bond donors (Lipinski definition) is 1. The Balaban J connectivity index is 2.38. The first-order valence-corrected chi connectivity index (χ1v) is 6.36. The summed E-state index contributed by atoms with van der Waals surface area (Å²) in [6.07, 6.45) is 0.833. The van der Waals surface area contributed by atoms with E-state index in [4.69, 9.17) is 10.5 Å². The summed E-state index contributed by atoms with van der Waals surface area (Å²) in [5, 5.41) is 11.1. The lowest BCUT2D eigenvalue weighted by atomic mass is 10.1. The van der Waals surface area contributed by atoms with Crippen molar-refractivity contribution >= 4 is 11.6 Å². The van der Waals surface area contributed by atoms with Crippen molar-refractivity contribution in [3.8, 4) is 11.5 Å². The molecule has 0 fully saturated rings. The molecule has 2 N–H and O–H groups in total. The number of hydrogen-bond acceptors (Lipinski definition) is 4. The number of benzene rings is 2. The molecule has 0 aromatic heterocycles. The van der Waals surface area contributed by atoms with E-state index in [0.29, 0.717) is 5.75 Å². The number of nitro groups is 1. The van der Waals surface area contributed by atoms with E-state index in [1.807, 2.05) is 25.1 Å². The van der Waals surface area contributed by atoms with Gasteiger partial charge in [0.05, 0.1) is 4.92 Å². The van der Waals surface area contributed by atoms with Gasteiger partial charge in [-0.3, -0.25) is 14.9 Å². The van der Waals surface area contributed by atoms with Gasteiger partial charge < -0.3 is 10.5 Å². The molecule has 0 radical (unpaired) electrons. The number of ether oxygens (including phenoxy) is 1. The molecular weight excluding hydrogens is 272 g/mol. The van der Waals surface area contributed by atoms with E-state index in [1.54, 1.807) is 6.07 Å². The molecule has 0 aliphatic heterocycles. The maximum absolute atomic E-state index is 11.1. The zero-order valence-corrected chi connectivity index (χ0v) is 11.4. The van der Waals surface area contributed by atoms with Crippen molar-refractivity contribution in [3.05, 3.63) is 63.7 Å². The maximum atomic E-state index is 11.1. The highest BCUT2D eigenvalue weighted by molar-refractivity contribution is 5.93. The van der Waals surface area contributed by atoms with Gasteiger partial charge in [-0.05, 0) is 36.2 Å². The van der Waals surface area contributed by atoms with Gasteiger partial charge in [-0.15, -0.1) is 0 Å². The van der Waals surface area contributed by atoms with Gasteiger partial charge in [0.15, 0.2) is 0 Å². The van der Waals surface area contributed by atoms with Crippen LogP contribution >= 0.6 is 0 Å². The van der Waals surface area contributed by atoms with Crippen LogP contribution in [0.2, 0.25) is 0 Å². The summed E-state index contributed by atoms with van der Waals surface area (Å²) in [5.41, 5.74) is 5.95. The van der Waals surface area contributed by atoms with E-state index in [1.165, 1.54) is 12.1 Å². The Morgan fingerprint density at radius 3 is 2.67 bits per heavy atom. The highest BCUT2D eigenvalue weighted by atomic mass is 16.6. The molecule has 6 nitrogen and oxygen atoms in total. The minimum atomic E-state index is -0.724. The number of primary amides is 1. The summed E-state index contributed by atoms with van der Waals surface area (Å²) in [6.45, 7) is 2.00. The zero-order chi connectivity index (χ0) is 15.4. The molecule has 0 saturated carbocycles. The third kappa shape index (κ3) is 3.36. The van der Waals surface area contributed by atoms with Crippen LogP contribution in [-0.4, -0.2) is 10.8 Å².